The van der Waals surface area contributed by atoms with Gasteiger partial charge in [0, 0.05) is 35.1 Å². The highest BCUT2D eigenvalue weighted by molar-refractivity contribution is 6.31. The van der Waals surface area contributed by atoms with Gasteiger partial charge in [0.1, 0.15) is 5.69 Å². The molecule has 4 nitrogen and oxygen atoms in total. The lowest BCUT2D eigenvalue weighted by atomic mass is 10.2. The minimum absolute atomic E-state index is 0.0442. The summed E-state index contributed by atoms with van der Waals surface area (Å²) in [5.74, 6) is 0.0442. The fraction of sp³-hybridized carbons (Fsp3) is 0.438. The Morgan fingerprint density at radius 2 is 2.14 bits per heavy atom. The third-order valence-corrected chi connectivity index (χ3v) is 4.10. The van der Waals surface area contributed by atoms with E-state index in [1.807, 2.05) is 29.2 Å². The lowest BCUT2D eigenvalue weighted by Gasteiger charge is -2.21. The van der Waals surface area contributed by atoms with E-state index in [1.54, 1.807) is 0 Å². The molecule has 2 N–H and O–H groups in total. The minimum atomic E-state index is 0.0442. The first-order chi connectivity index (χ1) is 10.2. The zero-order chi connectivity index (χ0) is 14.8. The van der Waals surface area contributed by atoms with Crippen LogP contribution in [0.1, 0.15) is 36.2 Å². The van der Waals surface area contributed by atoms with Crippen LogP contribution in [0.15, 0.2) is 24.3 Å². The Hall–Kier alpha value is -1.52. The van der Waals surface area contributed by atoms with Crippen molar-refractivity contribution >= 4 is 28.4 Å². The van der Waals surface area contributed by atoms with E-state index < -0.39 is 0 Å². The molecule has 1 aromatic carbocycles. The summed E-state index contributed by atoms with van der Waals surface area (Å²) in [5, 5.41) is 10.5. The third-order valence-electron chi connectivity index (χ3n) is 3.87. The summed E-state index contributed by atoms with van der Waals surface area (Å²) in [5.41, 5.74) is 1.54. The predicted octanol–water partition coefficient (Wildman–Crippen LogP) is 3.20. The van der Waals surface area contributed by atoms with E-state index in [2.05, 4.69) is 4.98 Å². The van der Waals surface area contributed by atoms with Crippen molar-refractivity contribution in [3.63, 3.8) is 0 Å². The lowest BCUT2D eigenvalue weighted by molar-refractivity contribution is 0.0732. The Morgan fingerprint density at radius 3 is 2.86 bits per heavy atom. The van der Waals surface area contributed by atoms with Crippen LogP contribution in [0, 0.1) is 0 Å². The number of aliphatic hydroxyl groups excluding tert-OH is 1. The zero-order valence-electron chi connectivity index (χ0n) is 11.8. The summed E-state index contributed by atoms with van der Waals surface area (Å²) in [6.45, 7) is 0.887. The fourth-order valence-corrected chi connectivity index (χ4v) is 2.78. The zero-order valence-corrected chi connectivity index (χ0v) is 12.6. The van der Waals surface area contributed by atoms with E-state index in [0.717, 1.165) is 36.6 Å². The molecule has 1 aromatic heterocycles. The van der Waals surface area contributed by atoms with Gasteiger partial charge < -0.3 is 15.0 Å². The van der Waals surface area contributed by atoms with Crippen molar-refractivity contribution in [3.8, 4) is 0 Å². The summed E-state index contributed by atoms with van der Waals surface area (Å²) < 4.78 is 0. The number of aromatic nitrogens is 1. The summed E-state index contributed by atoms with van der Waals surface area (Å²) in [6.07, 6.45) is 3.73. The molecule has 0 radical (unpaired) electrons. The van der Waals surface area contributed by atoms with Crippen molar-refractivity contribution in [2.75, 3.05) is 13.2 Å². The predicted molar refractivity (Wildman–Crippen MR) is 83.7 cm³/mol. The molecule has 1 aliphatic rings. The number of aromatic amines is 1. The number of nitrogens with one attached hydrogen (secondary N) is 1. The second kappa shape index (κ2) is 6.08. The highest BCUT2D eigenvalue weighted by atomic mass is 35.5. The molecule has 5 heteroatoms. The molecule has 1 heterocycles. The number of benzene rings is 1. The Balaban J connectivity index is 1.80. The van der Waals surface area contributed by atoms with Gasteiger partial charge in [-0.25, -0.2) is 0 Å². The number of rotatable bonds is 6. The van der Waals surface area contributed by atoms with Crippen molar-refractivity contribution in [1.82, 2.24) is 9.88 Å². The number of H-pyrrole nitrogens is 1. The van der Waals surface area contributed by atoms with Gasteiger partial charge in [0.25, 0.3) is 5.91 Å². The topological polar surface area (TPSA) is 56.3 Å². The summed E-state index contributed by atoms with van der Waals surface area (Å²) in [6, 6.07) is 7.80. The molecule has 21 heavy (non-hydrogen) atoms. The summed E-state index contributed by atoms with van der Waals surface area (Å²) in [7, 11) is 0. The highest BCUT2D eigenvalue weighted by Crippen LogP contribution is 2.29. The van der Waals surface area contributed by atoms with Crippen LogP contribution in [0.5, 0.6) is 0 Å². The van der Waals surface area contributed by atoms with Gasteiger partial charge in [-0.15, -0.1) is 0 Å². The molecule has 1 aliphatic carbocycles. The number of carbonyl (C=O) groups excluding carboxylic acids is 1. The molecule has 0 unspecified atom stereocenters. The average Bonchev–Trinajstić information content (AvgIpc) is 3.22. The first kappa shape index (κ1) is 14.4. The number of aliphatic hydroxyl groups is 1. The molecule has 1 saturated carbocycles. The van der Waals surface area contributed by atoms with Crippen molar-refractivity contribution in [2.24, 2.45) is 0 Å². The number of halogens is 1. The number of unbranched alkanes of at least 4 members (excludes halogenated alkanes) is 1. The van der Waals surface area contributed by atoms with E-state index in [1.165, 1.54) is 0 Å². The molecular formula is C16H19ClN2O2. The minimum Gasteiger partial charge on any atom is -0.396 e. The molecule has 3 rings (SSSR count). The van der Waals surface area contributed by atoms with Crippen LogP contribution < -0.4 is 0 Å². The van der Waals surface area contributed by atoms with Gasteiger partial charge in [-0.1, -0.05) is 11.6 Å². The quantitative estimate of drug-likeness (QED) is 0.805. The molecule has 112 valence electrons. The highest BCUT2D eigenvalue weighted by Gasteiger charge is 2.33. The van der Waals surface area contributed by atoms with Crippen LogP contribution in [0.25, 0.3) is 10.9 Å². The molecule has 0 saturated heterocycles. The maximum Gasteiger partial charge on any atom is 0.270 e. The van der Waals surface area contributed by atoms with Crippen LogP contribution in [0.2, 0.25) is 5.02 Å². The van der Waals surface area contributed by atoms with E-state index in [4.69, 9.17) is 16.7 Å². The first-order valence-electron chi connectivity index (χ1n) is 7.39. The SMILES string of the molecule is O=C(c1cc2cc(Cl)ccc2[nH]1)N(CCCCO)C1CC1. The Labute approximate surface area is 128 Å². The van der Waals surface area contributed by atoms with Crippen LogP contribution in [0.3, 0.4) is 0 Å². The van der Waals surface area contributed by atoms with Gasteiger partial charge in [-0.3, -0.25) is 4.79 Å². The Morgan fingerprint density at radius 1 is 1.33 bits per heavy atom. The number of hydrogen-bond donors (Lipinski definition) is 2. The third kappa shape index (κ3) is 3.22. The number of amides is 1. The maximum absolute atomic E-state index is 12.7. The molecule has 2 aromatic rings. The lowest BCUT2D eigenvalue weighted by Crippen LogP contribution is -2.34. The van der Waals surface area contributed by atoms with Gasteiger partial charge in [-0.05, 0) is 49.9 Å². The van der Waals surface area contributed by atoms with Crippen LogP contribution in [0.4, 0.5) is 0 Å². The largest absolute Gasteiger partial charge is 0.396 e. The number of carbonyl (C=O) groups is 1. The molecule has 0 bridgehead atoms. The number of nitrogens with zero attached hydrogens (tertiary/aromatic N) is 1. The standard InChI is InChI=1S/C16H19ClN2O2/c17-12-3-6-14-11(9-12)10-15(18-14)16(21)19(13-4-5-13)7-1-2-8-20/h3,6,9-10,13,18,20H,1-2,4-5,7-8H2. The van der Waals surface area contributed by atoms with Gasteiger partial charge in [0.2, 0.25) is 0 Å². The summed E-state index contributed by atoms with van der Waals surface area (Å²) in [4.78, 5) is 17.8. The fourth-order valence-electron chi connectivity index (χ4n) is 2.60. The van der Waals surface area contributed by atoms with Gasteiger partial charge in [0.05, 0.1) is 0 Å². The average molecular weight is 307 g/mol. The summed E-state index contributed by atoms with van der Waals surface area (Å²) >= 11 is 5.98. The van der Waals surface area contributed by atoms with E-state index in [0.29, 0.717) is 23.3 Å². The first-order valence-corrected chi connectivity index (χ1v) is 7.77. The maximum atomic E-state index is 12.7. The Bertz CT molecular complexity index is 649. The van der Waals surface area contributed by atoms with Gasteiger partial charge >= 0.3 is 0 Å². The van der Waals surface area contributed by atoms with Crippen LogP contribution >= 0.6 is 11.6 Å². The van der Waals surface area contributed by atoms with Crippen molar-refractivity contribution in [1.29, 1.82) is 0 Å². The normalized spacial score (nSPS) is 14.6. The molecular weight excluding hydrogens is 288 g/mol. The molecule has 0 spiro atoms. The van der Waals surface area contributed by atoms with Gasteiger partial charge in [-0.2, -0.15) is 0 Å². The van der Waals surface area contributed by atoms with Crippen molar-refractivity contribution in [3.05, 3.63) is 35.0 Å². The van der Waals surface area contributed by atoms with Crippen molar-refractivity contribution < 1.29 is 9.90 Å². The second-order valence-electron chi connectivity index (χ2n) is 5.58. The van der Waals surface area contributed by atoms with E-state index in [-0.39, 0.29) is 12.5 Å². The second-order valence-corrected chi connectivity index (χ2v) is 6.01. The van der Waals surface area contributed by atoms with E-state index in [9.17, 15) is 4.79 Å². The van der Waals surface area contributed by atoms with E-state index >= 15 is 0 Å². The molecule has 0 atom stereocenters. The molecule has 1 amide bonds. The monoisotopic (exact) mass is 306 g/mol. The number of hydrogen-bond acceptors (Lipinski definition) is 2. The number of fused-ring (bicyclic) bond motifs is 1. The Kier molecular flexibility index (Phi) is 4.17. The van der Waals surface area contributed by atoms with Gasteiger partial charge in [0.15, 0.2) is 0 Å². The van der Waals surface area contributed by atoms with Crippen molar-refractivity contribution in [2.45, 2.75) is 31.7 Å². The molecule has 0 aliphatic heterocycles. The molecule has 1 fully saturated rings. The van der Waals surface area contributed by atoms with Crippen LogP contribution in [-0.4, -0.2) is 40.1 Å². The van der Waals surface area contributed by atoms with Crippen LogP contribution in [-0.2, 0) is 0 Å². The smallest absolute Gasteiger partial charge is 0.270 e.